The number of benzene rings is 1. The second-order valence-corrected chi connectivity index (χ2v) is 6.14. The molecule has 0 bridgehead atoms. The van der Waals surface area contributed by atoms with Gasteiger partial charge in [0.2, 0.25) is 0 Å². The van der Waals surface area contributed by atoms with Crippen molar-refractivity contribution < 1.29 is 4.79 Å². The molecule has 0 saturated heterocycles. The van der Waals surface area contributed by atoms with E-state index in [2.05, 4.69) is 10.5 Å². The zero-order valence-corrected chi connectivity index (χ0v) is 12.6. The van der Waals surface area contributed by atoms with Crippen LogP contribution in [0.15, 0.2) is 23.3 Å². The van der Waals surface area contributed by atoms with Crippen LogP contribution in [0.3, 0.4) is 0 Å². The summed E-state index contributed by atoms with van der Waals surface area (Å²) >= 11 is 7.63. The van der Waals surface area contributed by atoms with Crippen molar-refractivity contribution in [2.75, 3.05) is 0 Å². The maximum atomic E-state index is 12.0. The van der Waals surface area contributed by atoms with E-state index in [9.17, 15) is 4.79 Å². The molecular weight excluding hydrogens is 280 g/mol. The van der Waals surface area contributed by atoms with E-state index in [1.54, 1.807) is 6.21 Å². The Balaban J connectivity index is 2.30. The molecule has 0 atom stereocenters. The molecule has 2 rings (SSSR count). The van der Waals surface area contributed by atoms with E-state index >= 15 is 0 Å². The van der Waals surface area contributed by atoms with Crippen LogP contribution in [0.2, 0.25) is 5.02 Å². The lowest BCUT2D eigenvalue weighted by Gasteiger charge is -1.98. The Kier molecular flexibility index (Phi) is 4.22. The number of hydrogen-bond acceptors (Lipinski definition) is 3. The number of aryl methyl sites for hydroxylation is 1. The Labute approximate surface area is 121 Å². The van der Waals surface area contributed by atoms with Crippen LogP contribution in [0.25, 0.3) is 10.1 Å². The third kappa shape index (κ3) is 3.14. The minimum absolute atomic E-state index is 0.263. The summed E-state index contributed by atoms with van der Waals surface area (Å²) in [6.07, 6.45) is 1.68. The highest BCUT2D eigenvalue weighted by Crippen LogP contribution is 2.35. The Morgan fingerprint density at radius 3 is 2.89 bits per heavy atom. The summed E-state index contributed by atoms with van der Waals surface area (Å²) in [5.41, 5.74) is 3.65. The van der Waals surface area contributed by atoms with Crippen LogP contribution in [0, 0.1) is 12.8 Å². The molecule has 0 spiro atoms. The molecule has 1 amide bonds. The standard InChI is InChI=1S/C14H15ClN2OS/c1-8(2)7-16-17-14(18)13-12(15)10-5-4-9(3)6-11(10)19-13/h4-8H,1-3H3,(H,17,18)/b16-7+. The van der Waals surface area contributed by atoms with Gasteiger partial charge in [0.05, 0.1) is 5.02 Å². The molecule has 0 fully saturated rings. The van der Waals surface area contributed by atoms with Gasteiger partial charge in [0.1, 0.15) is 4.88 Å². The number of amides is 1. The van der Waals surface area contributed by atoms with Gasteiger partial charge in [-0.3, -0.25) is 4.79 Å². The molecule has 1 N–H and O–H groups in total. The molecule has 100 valence electrons. The predicted octanol–water partition coefficient (Wildman–Crippen LogP) is 4.23. The van der Waals surface area contributed by atoms with Gasteiger partial charge in [-0.15, -0.1) is 11.3 Å². The lowest BCUT2D eigenvalue weighted by atomic mass is 10.2. The van der Waals surface area contributed by atoms with Crippen molar-refractivity contribution in [2.45, 2.75) is 20.8 Å². The Morgan fingerprint density at radius 2 is 2.21 bits per heavy atom. The smallest absolute Gasteiger partial charge is 0.266 e. The highest BCUT2D eigenvalue weighted by molar-refractivity contribution is 7.21. The molecule has 3 nitrogen and oxygen atoms in total. The fourth-order valence-electron chi connectivity index (χ4n) is 1.61. The highest BCUT2D eigenvalue weighted by atomic mass is 35.5. The molecule has 5 heteroatoms. The summed E-state index contributed by atoms with van der Waals surface area (Å²) < 4.78 is 1.02. The molecule has 0 unspecified atom stereocenters. The summed E-state index contributed by atoms with van der Waals surface area (Å²) in [5.74, 6) is 0.0292. The second kappa shape index (κ2) is 5.72. The van der Waals surface area contributed by atoms with Crippen LogP contribution in [-0.4, -0.2) is 12.1 Å². The van der Waals surface area contributed by atoms with Gasteiger partial charge >= 0.3 is 0 Å². The number of rotatable bonds is 3. The molecule has 19 heavy (non-hydrogen) atoms. The number of carbonyl (C=O) groups excluding carboxylic acids is 1. The molecule has 2 aromatic rings. The van der Waals surface area contributed by atoms with E-state index in [-0.39, 0.29) is 5.91 Å². The molecule has 0 aliphatic rings. The summed E-state index contributed by atoms with van der Waals surface area (Å²) in [5, 5.41) is 5.31. The average Bonchev–Trinajstić information content (AvgIpc) is 2.65. The van der Waals surface area contributed by atoms with Gasteiger partial charge in [0, 0.05) is 16.3 Å². The monoisotopic (exact) mass is 294 g/mol. The van der Waals surface area contributed by atoms with Gasteiger partial charge in [-0.05, 0) is 24.5 Å². The number of fused-ring (bicyclic) bond motifs is 1. The Bertz CT molecular complexity index is 646. The van der Waals surface area contributed by atoms with Crippen molar-refractivity contribution in [1.82, 2.24) is 5.43 Å². The van der Waals surface area contributed by atoms with E-state index < -0.39 is 0 Å². The maximum absolute atomic E-state index is 12.0. The van der Waals surface area contributed by atoms with Crippen molar-refractivity contribution >= 4 is 45.1 Å². The molecule has 1 aromatic carbocycles. The Hall–Kier alpha value is -1.39. The van der Waals surface area contributed by atoms with Gasteiger partial charge in [-0.25, -0.2) is 5.43 Å². The molecule has 0 radical (unpaired) electrons. The number of nitrogens with zero attached hydrogens (tertiary/aromatic N) is 1. The molecule has 0 aliphatic heterocycles. The topological polar surface area (TPSA) is 41.5 Å². The number of halogens is 1. The van der Waals surface area contributed by atoms with Crippen LogP contribution >= 0.6 is 22.9 Å². The van der Waals surface area contributed by atoms with E-state index in [0.717, 1.165) is 15.6 Å². The molecular formula is C14H15ClN2OS. The van der Waals surface area contributed by atoms with Crippen LogP contribution in [0.1, 0.15) is 29.1 Å². The SMILES string of the molecule is Cc1ccc2c(Cl)c(C(=O)N/N=C/C(C)C)sc2c1. The molecule has 0 aliphatic carbocycles. The van der Waals surface area contributed by atoms with Crippen molar-refractivity contribution in [3.8, 4) is 0 Å². The van der Waals surface area contributed by atoms with E-state index in [0.29, 0.717) is 15.8 Å². The lowest BCUT2D eigenvalue weighted by molar-refractivity contribution is 0.0959. The maximum Gasteiger partial charge on any atom is 0.282 e. The molecule has 0 saturated carbocycles. The van der Waals surface area contributed by atoms with Gasteiger partial charge < -0.3 is 0 Å². The summed E-state index contributed by atoms with van der Waals surface area (Å²) in [4.78, 5) is 12.5. The number of hydrogen-bond donors (Lipinski definition) is 1. The third-order valence-electron chi connectivity index (χ3n) is 2.53. The zero-order valence-electron chi connectivity index (χ0n) is 11.0. The van der Waals surface area contributed by atoms with Crippen molar-refractivity contribution in [2.24, 2.45) is 11.0 Å². The van der Waals surface area contributed by atoms with Crippen LogP contribution in [0.4, 0.5) is 0 Å². The van der Waals surface area contributed by atoms with Crippen molar-refractivity contribution in [3.63, 3.8) is 0 Å². The zero-order chi connectivity index (χ0) is 14.0. The van der Waals surface area contributed by atoms with Crippen LogP contribution in [0.5, 0.6) is 0 Å². The first kappa shape index (κ1) is 14.0. The first-order valence-corrected chi connectivity index (χ1v) is 7.20. The number of carbonyl (C=O) groups is 1. The lowest BCUT2D eigenvalue weighted by Crippen LogP contribution is -2.17. The van der Waals surface area contributed by atoms with Gasteiger partial charge in [0.25, 0.3) is 5.91 Å². The normalized spacial score (nSPS) is 11.6. The van der Waals surface area contributed by atoms with Crippen LogP contribution in [-0.2, 0) is 0 Å². The summed E-state index contributed by atoms with van der Waals surface area (Å²) in [6.45, 7) is 6.00. The van der Waals surface area contributed by atoms with Gasteiger partial charge in [0.15, 0.2) is 0 Å². The fraction of sp³-hybridized carbons (Fsp3) is 0.286. The molecule has 1 heterocycles. The predicted molar refractivity (Wildman–Crippen MR) is 82.4 cm³/mol. The summed E-state index contributed by atoms with van der Waals surface area (Å²) in [6, 6.07) is 5.96. The van der Waals surface area contributed by atoms with Gasteiger partial charge in [-0.2, -0.15) is 5.10 Å². The van der Waals surface area contributed by atoms with Crippen molar-refractivity contribution in [1.29, 1.82) is 0 Å². The minimum Gasteiger partial charge on any atom is -0.266 e. The van der Waals surface area contributed by atoms with Crippen LogP contribution < -0.4 is 5.43 Å². The largest absolute Gasteiger partial charge is 0.282 e. The van der Waals surface area contributed by atoms with Gasteiger partial charge in [-0.1, -0.05) is 37.6 Å². The van der Waals surface area contributed by atoms with Crippen molar-refractivity contribution in [3.05, 3.63) is 33.7 Å². The third-order valence-corrected chi connectivity index (χ3v) is 4.19. The fourth-order valence-corrected chi connectivity index (χ4v) is 3.12. The first-order valence-electron chi connectivity index (χ1n) is 6.01. The average molecular weight is 295 g/mol. The first-order chi connectivity index (χ1) is 8.99. The number of nitrogens with one attached hydrogen (secondary N) is 1. The second-order valence-electron chi connectivity index (χ2n) is 4.71. The molecule has 1 aromatic heterocycles. The highest BCUT2D eigenvalue weighted by Gasteiger charge is 2.16. The number of thiophene rings is 1. The van der Waals surface area contributed by atoms with E-state index in [1.807, 2.05) is 39.0 Å². The quantitative estimate of drug-likeness (QED) is 0.668. The van der Waals surface area contributed by atoms with E-state index in [1.165, 1.54) is 11.3 Å². The summed E-state index contributed by atoms with van der Waals surface area (Å²) in [7, 11) is 0. The van der Waals surface area contributed by atoms with E-state index in [4.69, 9.17) is 11.6 Å². The number of hydrazone groups is 1. The minimum atomic E-state index is -0.263. The Morgan fingerprint density at radius 1 is 1.47 bits per heavy atom.